The highest BCUT2D eigenvalue weighted by Crippen LogP contribution is 2.33. The third-order valence-electron chi connectivity index (χ3n) is 4.17. The standard InChI is InChI=1S/C14H22N4O2S/c1-18(8-14(20)6-2-3-7-14)12(19)10-11(15)17-13(21-10)16-9-4-5-9/h9,20H,2-8,15H2,1H3,(H,16,17). The molecular weight excluding hydrogens is 288 g/mol. The van der Waals surface area contributed by atoms with Gasteiger partial charge in [-0.1, -0.05) is 24.2 Å². The number of nitrogen functional groups attached to an aromatic ring is 1. The Balaban J connectivity index is 1.67. The van der Waals surface area contributed by atoms with Crippen molar-refractivity contribution < 1.29 is 9.90 Å². The number of nitrogens with zero attached hydrogens (tertiary/aromatic N) is 2. The van der Waals surface area contributed by atoms with Gasteiger partial charge in [0.25, 0.3) is 5.91 Å². The van der Waals surface area contributed by atoms with Crippen LogP contribution in [0, 0.1) is 0 Å². The summed E-state index contributed by atoms with van der Waals surface area (Å²) in [7, 11) is 1.71. The zero-order chi connectivity index (χ0) is 15.0. The maximum absolute atomic E-state index is 12.5. The summed E-state index contributed by atoms with van der Waals surface area (Å²) >= 11 is 1.30. The lowest BCUT2D eigenvalue weighted by Crippen LogP contribution is -2.42. The minimum atomic E-state index is -0.737. The number of carbonyl (C=O) groups excluding carboxylic acids is 1. The highest BCUT2D eigenvalue weighted by Gasteiger charge is 2.34. The minimum Gasteiger partial charge on any atom is -0.388 e. The highest BCUT2D eigenvalue weighted by molar-refractivity contribution is 7.18. The average molecular weight is 310 g/mol. The zero-order valence-corrected chi connectivity index (χ0v) is 13.1. The Hall–Kier alpha value is -1.34. The zero-order valence-electron chi connectivity index (χ0n) is 12.3. The molecule has 0 bridgehead atoms. The number of aromatic nitrogens is 1. The number of carbonyl (C=O) groups is 1. The van der Waals surface area contributed by atoms with Gasteiger partial charge in [-0.3, -0.25) is 4.79 Å². The third kappa shape index (κ3) is 3.29. The maximum Gasteiger partial charge on any atom is 0.267 e. The van der Waals surface area contributed by atoms with Gasteiger partial charge in [0.1, 0.15) is 10.7 Å². The molecule has 1 aromatic heterocycles. The quantitative estimate of drug-likeness (QED) is 0.769. The van der Waals surface area contributed by atoms with Crippen LogP contribution in [0.25, 0.3) is 0 Å². The Bertz CT molecular complexity index is 535. The van der Waals surface area contributed by atoms with E-state index in [9.17, 15) is 9.90 Å². The topological polar surface area (TPSA) is 91.5 Å². The van der Waals surface area contributed by atoms with Crippen LogP contribution >= 0.6 is 11.3 Å². The number of aliphatic hydroxyl groups is 1. The molecule has 0 aliphatic heterocycles. The summed E-state index contributed by atoms with van der Waals surface area (Å²) in [4.78, 5) is 18.7. The van der Waals surface area contributed by atoms with Gasteiger partial charge in [-0.25, -0.2) is 4.98 Å². The van der Waals surface area contributed by atoms with Crippen LogP contribution in [0.5, 0.6) is 0 Å². The second-order valence-corrected chi connectivity index (χ2v) is 7.24. The van der Waals surface area contributed by atoms with Crippen LogP contribution in [0.15, 0.2) is 0 Å². The number of amides is 1. The van der Waals surface area contributed by atoms with E-state index in [-0.39, 0.29) is 11.7 Å². The van der Waals surface area contributed by atoms with Crippen molar-refractivity contribution >= 4 is 28.2 Å². The lowest BCUT2D eigenvalue weighted by atomic mass is 10.0. The first-order valence-electron chi connectivity index (χ1n) is 7.47. The van der Waals surface area contributed by atoms with Crippen molar-refractivity contribution in [2.45, 2.75) is 50.2 Å². The minimum absolute atomic E-state index is 0.158. The SMILES string of the molecule is CN(CC1(O)CCCC1)C(=O)c1sc(NC2CC2)nc1N. The largest absolute Gasteiger partial charge is 0.388 e. The van der Waals surface area contributed by atoms with Gasteiger partial charge in [0, 0.05) is 19.6 Å². The molecular formula is C14H22N4O2S. The van der Waals surface area contributed by atoms with Crippen LogP contribution in [0.1, 0.15) is 48.2 Å². The number of likely N-dealkylation sites (N-methyl/N-ethyl adjacent to an activating group) is 1. The van der Waals surface area contributed by atoms with Crippen LogP contribution in [-0.4, -0.2) is 46.1 Å². The first-order valence-corrected chi connectivity index (χ1v) is 8.29. The summed E-state index contributed by atoms with van der Waals surface area (Å²) < 4.78 is 0. The van der Waals surface area contributed by atoms with Gasteiger partial charge >= 0.3 is 0 Å². The Morgan fingerprint density at radius 2 is 2.19 bits per heavy atom. The molecule has 2 fully saturated rings. The lowest BCUT2D eigenvalue weighted by Gasteiger charge is -2.28. The van der Waals surface area contributed by atoms with Crippen LogP contribution < -0.4 is 11.1 Å². The van der Waals surface area contributed by atoms with Crippen LogP contribution in [0.4, 0.5) is 10.9 Å². The van der Waals surface area contributed by atoms with Crippen molar-refractivity contribution in [3.63, 3.8) is 0 Å². The predicted molar refractivity (Wildman–Crippen MR) is 83.5 cm³/mol. The molecule has 6 nitrogen and oxygen atoms in total. The summed E-state index contributed by atoms with van der Waals surface area (Å²) in [6.45, 7) is 0.356. The van der Waals surface area contributed by atoms with Crippen molar-refractivity contribution in [3.05, 3.63) is 4.88 Å². The maximum atomic E-state index is 12.5. The van der Waals surface area contributed by atoms with Crippen LogP contribution in [0.3, 0.4) is 0 Å². The molecule has 7 heteroatoms. The van der Waals surface area contributed by atoms with E-state index in [2.05, 4.69) is 10.3 Å². The fourth-order valence-electron chi connectivity index (χ4n) is 2.83. The smallest absolute Gasteiger partial charge is 0.267 e. The van der Waals surface area contributed by atoms with Crippen molar-refractivity contribution in [3.8, 4) is 0 Å². The predicted octanol–water partition coefficient (Wildman–Crippen LogP) is 1.68. The fraction of sp³-hybridized carbons (Fsp3) is 0.714. The molecule has 1 amide bonds. The van der Waals surface area contributed by atoms with E-state index < -0.39 is 5.60 Å². The van der Waals surface area contributed by atoms with E-state index in [4.69, 9.17) is 5.73 Å². The molecule has 2 saturated carbocycles. The van der Waals surface area contributed by atoms with Crippen molar-refractivity contribution in [1.82, 2.24) is 9.88 Å². The third-order valence-corrected chi connectivity index (χ3v) is 5.16. The number of nitrogens with one attached hydrogen (secondary N) is 1. The van der Waals surface area contributed by atoms with Crippen molar-refractivity contribution in [2.75, 3.05) is 24.6 Å². The van der Waals surface area contributed by atoms with E-state index in [0.717, 1.165) is 38.5 Å². The Morgan fingerprint density at radius 1 is 1.52 bits per heavy atom. The van der Waals surface area contributed by atoms with E-state index >= 15 is 0 Å². The van der Waals surface area contributed by atoms with E-state index in [0.29, 0.717) is 22.6 Å². The molecule has 4 N–H and O–H groups in total. The van der Waals surface area contributed by atoms with E-state index in [1.54, 1.807) is 11.9 Å². The van der Waals surface area contributed by atoms with Crippen LogP contribution in [-0.2, 0) is 0 Å². The molecule has 0 atom stereocenters. The molecule has 116 valence electrons. The van der Waals surface area contributed by atoms with Gasteiger partial charge in [-0.05, 0) is 25.7 Å². The molecule has 2 aliphatic carbocycles. The molecule has 0 radical (unpaired) electrons. The molecule has 21 heavy (non-hydrogen) atoms. The van der Waals surface area contributed by atoms with Gasteiger partial charge in [0.2, 0.25) is 0 Å². The van der Waals surface area contributed by atoms with Gasteiger partial charge in [-0.15, -0.1) is 0 Å². The Kier molecular flexibility index (Phi) is 3.79. The highest BCUT2D eigenvalue weighted by atomic mass is 32.1. The lowest BCUT2D eigenvalue weighted by molar-refractivity contribution is 0.0158. The number of hydrogen-bond acceptors (Lipinski definition) is 6. The van der Waals surface area contributed by atoms with Gasteiger partial charge in [0.05, 0.1) is 5.60 Å². The monoisotopic (exact) mass is 310 g/mol. The summed E-state index contributed by atoms with van der Waals surface area (Å²) in [6.07, 6.45) is 5.87. The Labute approximate surface area is 128 Å². The first-order chi connectivity index (χ1) is 9.97. The molecule has 0 spiro atoms. The number of hydrogen-bond donors (Lipinski definition) is 3. The molecule has 0 saturated heterocycles. The van der Waals surface area contributed by atoms with E-state index in [1.165, 1.54) is 11.3 Å². The normalized spacial score (nSPS) is 20.5. The average Bonchev–Trinajstić information content (AvgIpc) is 3.02. The summed E-state index contributed by atoms with van der Waals surface area (Å²) in [5.41, 5.74) is 5.13. The van der Waals surface area contributed by atoms with Gasteiger partial charge < -0.3 is 21.1 Å². The molecule has 1 aromatic rings. The molecule has 0 aromatic carbocycles. The second-order valence-electron chi connectivity index (χ2n) is 6.24. The summed E-state index contributed by atoms with van der Waals surface area (Å²) in [5.74, 6) is 0.118. The number of rotatable bonds is 5. The van der Waals surface area contributed by atoms with Crippen LogP contribution in [0.2, 0.25) is 0 Å². The van der Waals surface area contributed by atoms with Gasteiger partial charge in [0.15, 0.2) is 5.13 Å². The molecule has 2 aliphatic rings. The van der Waals surface area contributed by atoms with Gasteiger partial charge in [-0.2, -0.15) is 0 Å². The number of nitrogens with two attached hydrogens (primary N) is 1. The number of anilines is 2. The summed E-state index contributed by atoms with van der Waals surface area (Å²) in [5, 5.41) is 14.4. The second kappa shape index (κ2) is 5.46. The molecule has 3 rings (SSSR count). The number of thiazole rings is 1. The van der Waals surface area contributed by atoms with E-state index in [1.807, 2.05) is 0 Å². The fourth-order valence-corrected chi connectivity index (χ4v) is 3.78. The van der Waals surface area contributed by atoms with Crippen molar-refractivity contribution in [2.24, 2.45) is 0 Å². The molecule has 0 unspecified atom stereocenters. The molecule has 1 heterocycles. The summed E-state index contributed by atoms with van der Waals surface area (Å²) in [6, 6.07) is 0.482. The first kappa shape index (κ1) is 14.6. The Morgan fingerprint density at radius 3 is 2.81 bits per heavy atom. The van der Waals surface area contributed by atoms with Crippen molar-refractivity contribution in [1.29, 1.82) is 0 Å².